The first-order chi connectivity index (χ1) is 13.8. The maximum absolute atomic E-state index is 11.4. The monoisotopic (exact) mass is 419 g/mol. The van der Waals surface area contributed by atoms with Gasteiger partial charge >= 0.3 is 0 Å². The van der Waals surface area contributed by atoms with Crippen molar-refractivity contribution < 1.29 is 23.2 Å². The molecule has 0 spiro atoms. The molecule has 10 nitrogen and oxygen atoms in total. The Kier molecular flexibility index (Phi) is 12.5. The average molecular weight is 420 g/mol. The van der Waals surface area contributed by atoms with Crippen molar-refractivity contribution in [2.45, 2.75) is 13.1 Å². The Balaban J connectivity index is 1.40. The third-order valence-corrected chi connectivity index (χ3v) is 5.36. The highest BCUT2D eigenvalue weighted by Crippen LogP contribution is 2.05. The van der Waals surface area contributed by atoms with Crippen molar-refractivity contribution in [3.8, 4) is 0 Å². The molecule has 0 atom stereocenters. The number of rotatable bonds is 16. The van der Waals surface area contributed by atoms with Gasteiger partial charge in [-0.05, 0) is 0 Å². The van der Waals surface area contributed by atoms with Gasteiger partial charge in [-0.25, -0.2) is 4.68 Å². The van der Waals surface area contributed by atoms with Crippen molar-refractivity contribution in [1.82, 2.24) is 19.9 Å². The third kappa shape index (κ3) is 10.6. The van der Waals surface area contributed by atoms with Gasteiger partial charge in [-0.2, -0.15) is 0 Å². The van der Waals surface area contributed by atoms with Gasteiger partial charge in [-0.1, -0.05) is 5.21 Å². The lowest BCUT2D eigenvalue weighted by molar-refractivity contribution is -0.00200. The van der Waals surface area contributed by atoms with E-state index in [1.165, 1.54) is 0 Å². The van der Waals surface area contributed by atoms with Gasteiger partial charge in [0, 0.05) is 54.7 Å². The zero-order valence-corrected chi connectivity index (χ0v) is 17.3. The lowest BCUT2D eigenvalue weighted by Gasteiger charge is -2.24. The van der Waals surface area contributed by atoms with Gasteiger partial charge < -0.3 is 24.7 Å². The largest absolute Gasteiger partial charge is 0.378 e. The molecule has 1 aliphatic rings. The van der Waals surface area contributed by atoms with E-state index in [-0.39, 0.29) is 0 Å². The summed E-state index contributed by atoms with van der Waals surface area (Å²) in [6.07, 6.45) is 1.94. The summed E-state index contributed by atoms with van der Waals surface area (Å²) in [5, 5.41) is 8.32. The highest BCUT2D eigenvalue weighted by Gasteiger charge is 2.16. The molecule has 0 aliphatic carbocycles. The Morgan fingerprint density at radius 1 is 0.929 bits per heavy atom. The van der Waals surface area contributed by atoms with Crippen molar-refractivity contribution in [2.24, 2.45) is 5.73 Å². The molecular weight excluding hydrogens is 386 g/mol. The van der Waals surface area contributed by atoms with E-state index in [4.69, 9.17) is 24.7 Å². The first-order valence-electron chi connectivity index (χ1n) is 9.75. The maximum atomic E-state index is 11.4. The van der Waals surface area contributed by atoms with Crippen LogP contribution in [0.4, 0.5) is 0 Å². The van der Waals surface area contributed by atoms with Crippen LogP contribution in [0.3, 0.4) is 0 Å². The predicted molar refractivity (Wildman–Crippen MR) is 106 cm³/mol. The van der Waals surface area contributed by atoms with Gasteiger partial charge in [0.25, 0.3) is 0 Å². The molecule has 0 radical (unpaired) electrons. The molecule has 28 heavy (non-hydrogen) atoms. The van der Waals surface area contributed by atoms with E-state index in [1.807, 2.05) is 6.20 Å². The van der Waals surface area contributed by atoms with Crippen LogP contribution in [0.2, 0.25) is 0 Å². The average Bonchev–Trinajstić information content (AvgIpc) is 3.14. The van der Waals surface area contributed by atoms with Gasteiger partial charge in [0.2, 0.25) is 0 Å². The number of hydrogen-bond acceptors (Lipinski definition) is 9. The molecule has 1 aromatic heterocycles. The molecular formula is C17H33N5O5S. The Bertz CT molecular complexity index is 538. The lowest BCUT2D eigenvalue weighted by Crippen LogP contribution is -2.37. The second-order valence-corrected chi connectivity index (χ2v) is 8.03. The highest BCUT2D eigenvalue weighted by molar-refractivity contribution is 7.85. The molecule has 162 valence electrons. The van der Waals surface area contributed by atoms with Gasteiger partial charge in [-0.3, -0.25) is 9.11 Å². The van der Waals surface area contributed by atoms with Crippen LogP contribution in [0.1, 0.15) is 5.69 Å². The molecule has 2 N–H and O–H groups in total. The lowest BCUT2D eigenvalue weighted by atomic mass is 10.4. The van der Waals surface area contributed by atoms with Crippen LogP contribution in [-0.2, 0) is 42.8 Å². The summed E-state index contributed by atoms with van der Waals surface area (Å²) < 4.78 is 34.7. The fourth-order valence-corrected chi connectivity index (χ4v) is 3.71. The first kappa shape index (κ1) is 23.3. The van der Waals surface area contributed by atoms with E-state index in [9.17, 15) is 4.21 Å². The second-order valence-electron chi connectivity index (χ2n) is 6.34. The molecule has 1 saturated heterocycles. The molecule has 0 amide bonds. The topological polar surface area (TPSA) is 114 Å². The van der Waals surface area contributed by atoms with E-state index in [0.29, 0.717) is 65.9 Å². The Labute approximate surface area is 169 Å². The molecule has 1 aromatic rings. The molecule has 1 fully saturated rings. The summed E-state index contributed by atoms with van der Waals surface area (Å²) in [6, 6.07) is 0. The van der Waals surface area contributed by atoms with Gasteiger partial charge in [0.1, 0.15) is 0 Å². The van der Waals surface area contributed by atoms with Crippen LogP contribution in [0.25, 0.3) is 0 Å². The van der Waals surface area contributed by atoms with Crippen LogP contribution in [0, 0.1) is 0 Å². The van der Waals surface area contributed by atoms with E-state index >= 15 is 0 Å². The molecule has 0 saturated carbocycles. The molecule has 1 aliphatic heterocycles. The quantitative estimate of drug-likeness (QED) is 0.332. The van der Waals surface area contributed by atoms with Crippen molar-refractivity contribution in [3.63, 3.8) is 0 Å². The summed E-state index contributed by atoms with van der Waals surface area (Å²) in [5.74, 6) is 1.50. The summed E-state index contributed by atoms with van der Waals surface area (Å²) in [4.78, 5) is 2.26. The van der Waals surface area contributed by atoms with Crippen LogP contribution in [0.15, 0.2) is 6.20 Å². The predicted octanol–water partition coefficient (Wildman–Crippen LogP) is -1.13. The van der Waals surface area contributed by atoms with Crippen molar-refractivity contribution in [2.75, 3.05) is 84.0 Å². The Hall–Kier alpha value is -0.950. The summed E-state index contributed by atoms with van der Waals surface area (Å²) in [5.41, 5.74) is 6.25. The SMILES string of the molecule is NCCOCCOCCOCCOCCn1cc(CN2CCS(=O)CC2)nn1. The Morgan fingerprint density at radius 2 is 1.50 bits per heavy atom. The summed E-state index contributed by atoms with van der Waals surface area (Å²) in [7, 11) is -0.651. The Morgan fingerprint density at radius 3 is 2.11 bits per heavy atom. The standard InChI is InChI=1S/C17H33N5O5S/c18-1-5-24-7-9-26-11-12-27-10-8-25-6-2-22-16-17(19-20-22)15-21-3-13-28(23)14-4-21/h16H,1-15,18H2. The zero-order valence-electron chi connectivity index (χ0n) is 16.5. The van der Waals surface area contributed by atoms with E-state index in [2.05, 4.69) is 15.2 Å². The number of nitrogens with two attached hydrogens (primary N) is 1. The summed E-state index contributed by atoms with van der Waals surface area (Å²) in [6.45, 7) is 8.04. The molecule has 0 bridgehead atoms. The van der Waals surface area contributed by atoms with Crippen LogP contribution >= 0.6 is 0 Å². The molecule has 0 unspecified atom stereocenters. The molecule has 2 rings (SSSR count). The van der Waals surface area contributed by atoms with Gasteiger partial charge in [0.15, 0.2) is 0 Å². The molecule has 0 aromatic carbocycles. The van der Waals surface area contributed by atoms with Crippen LogP contribution in [0.5, 0.6) is 0 Å². The smallest absolute Gasteiger partial charge is 0.0967 e. The van der Waals surface area contributed by atoms with Gasteiger partial charge in [-0.15, -0.1) is 5.10 Å². The number of nitrogens with zero attached hydrogens (tertiary/aromatic N) is 4. The number of hydrogen-bond donors (Lipinski definition) is 1. The number of ether oxygens (including phenoxy) is 4. The fraction of sp³-hybridized carbons (Fsp3) is 0.882. The minimum absolute atomic E-state index is 0.532. The zero-order chi connectivity index (χ0) is 19.9. The minimum atomic E-state index is -0.651. The third-order valence-electron chi connectivity index (χ3n) is 4.09. The normalized spacial score (nSPS) is 16.0. The highest BCUT2D eigenvalue weighted by atomic mass is 32.2. The van der Waals surface area contributed by atoms with Gasteiger partial charge in [0.05, 0.1) is 65.1 Å². The second kappa shape index (κ2) is 15.0. The summed E-state index contributed by atoms with van der Waals surface area (Å²) >= 11 is 0. The molecule has 11 heteroatoms. The van der Waals surface area contributed by atoms with Crippen LogP contribution in [-0.4, -0.2) is 108 Å². The van der Waals surface area contributed by atoms with E-state index in [0.717, 1.165) is 36.8 Å². The van der Waals surface area contributed by atoms with Crippen molar-refractivity contribution in [3.05, 3.63) is 11.9 Å². The van der Waals surface area contributed by atoms with Crippen molar-refractivity contribution >= 4 is 10.8 Å². The minimum Gasteiger partial charge on any atom is -0.378 e. The van der Waals surface area contributed by atoms with Crippen LogP contribution < -0.4 is 5.73 Å². The van der Waals surface area contributed by atoms with E-state index < -0.39 is 10.8 Å². The fourth-order valence-electron chi connectivity index (χ4n) is 2.59. The number of aromatic nitrogens is 3. The maximum Gasteiger partial charge on any atom is 0.0967 e. The first-order valence-corrected chi connectivity index (χ1v) is 11.2. The van der Waals surface area contributed by atoms with E-state index in [1.54, 1.807) is 4.68 Å². The van der Waals surface area contributed by atoms with Crippen molar-refractivity contribution in [1.29, 1.82) is 0 Å². The molecule has 2 heterocycles.